The first-order chi connectivity index (χ1) is 17.8. The highest BCUT2D eigenvalue weighted by atomic mass is 32.2. The summed E-state index contributed by atoms with van der Waals surface area (Å²) in [6, 6.07) is 8.60. The fourth-order valence-electron chi connectivity index (χ4n) is 3.31. The Balaban J connectivity index is 1.84. The minimum atomic E-state index is -5.03. The molecule has 0 aliphatic rings. The van der Waals surface area contributed by atoms with Gasteiger partial charge in [0.1, 0.15) is 26.9 Å². The second kappa shape index (κ2) is 9.86. The lowest BCUT2D eigenvalue weighted by Gasteiger charge is -2.11. The molecule has 0 aliphatic heterocycles. The Labute approximate surface area is 213 Å². The van der Waals surface area contributed by atoms with Crippen LogP contribution < -0.4 is 10.1 Å². The van der Waals surface area contributed by atoms with E-state index < -0.39 is 65.0 Å². The van der Waals surface area contributed by atoms with Gasteiger partial charge in [-0.25, -0.2) is 0 Å². The number of aromatic nitrogens is 2. The molecule has 4 aromatic rings. The Morgan fingerprint density at radius 1 is 0.868 bits per heavy atom. The molecule has 4 N–H and O–H groups in total. The predicted octanol–water partition coefficient (Wildman–Crippen LogP) is 4.27. The number of halogens is 2. The Morgan fingerprint density at radius 3 is 2.13 bits per heavy atom. The summed E-state index contributed by atoms with van der Waals surface area (Å²) in [5.74, 6) is -3.44. The van der Waals surface area contributed by atoms with Crippen molar-refractivity contribution < 1.29 is 44.6 Å². The van der Waals surface area contributed by atoms with E-state index in [0.29, 0.717) is 6.07 Å². The number of aromatic hydroxyl groups is 1. The van der Waals surface area contributed by atoms with Crippen LogP contribution in [0.25, 0.3) is 10.8 Å². The third-order valence-electron chi connectivity index (χ3n) is 4.95. The molecule has 0 atom stereocenters. The molecule has 17 heteroatoms. The number of hydrogen-bond acceptors (Lipinski definition) is 11. The lowest BCUT2D eigenvalue weighted by atomic mass is 10.1. The Hall–Kier alpha value is -4.32. The number of nitrogens with zero attached hydrogens (tertiary/aromatic N) is 4. The van der Waals surface area contributed by atoms with E-state index in [1.807, 2.05) is 0 Å². The van der Waals surface area contributed by atoms with Crippen molar-refractivity contribution in [1.29, 1.82) is 0 Å². The zero-order valence-electron chi connectivity index (χ0n) is 18.9. The van der Waals surface area contributed by atoms with Crippen molar-refractivity contribution in [3.8, 4) is 11.5 Å². The van der Waals surface area contributed by atoms with E-state index in [-0.39, 0.29) is 22.2 Å². The number of fused-ring (bicyclic) bond motifs is 1. The van der Waals surface area contributed by atoms with Crippen molar-refractivity contribution in [2.45, 2.75) is 9.79 Å². The standard InChI is InChI=1S/C21H15F2N5O8S2/c1-36-12-3-5-14(15(8-12)37(30,31)32)27-28-19-16(38(33,34)35)7-10-6-11(2-4-13(10)20(19)29)24-21-25-17(22)9-18(23)26-21/h2-9,29H,1H3,(H,24,25,26)(H,30,31,32)(H,33,34,35). The Kier molecular flexibility index (Phi) is 6.94. The summed E-state index contributed by atoms with van der Waals surface area (Å²) in [5, 5.41) is 20.6. The first kappa shape index (κ1) is 26.7. The van der Waals surface area contributed by atoms with Gasteiger partial charge in [-0.15, -0.1) is 10.2 Å². The smallest absolute Gasteiger partial charge is 0.296 e. The fraction of sp³-hybridized carbons (Fsp3) is 0.0476. The van der Waals surface area contributed by atoms with Crippen LogP contribution >= 0.6 is 0 Å². The van der Waals surface area contributed by atoms with Gasteiger partial charge in [-0.05, 0) is 41.8 Å². The second-order valence-electron chi connectivity index (χ2n) is 7.45. The largest absolute Gasteiger partial charge is 0.505 e. The molecule has 0 saturated carbocycles. The van der Waals surface area contributed by atoms with Gasteiger partial charge in [0.05, 0.1) is 7.11 Å². The minimum Gasteiger partial charge on any atom is -0.505 e. The normalized spacial score (nSPS) is 12.2. The van der Waals surface area contributed by atoms with E-state index in [2.05, 4.69) is 25.5 Å². The highest BCUT2D eigenvalue weighted by Gasteiger charge is 2.23. The number of hydrogen-bond donors (Lipinski definition) is 4. The van der Waals surface area contributed by atoms with Crippen LogP contribution in [0.15, 0.2) is 68.6 Å². The molecule has 1 heterocycles. The molecular formula is C21H15F2N5O8S2. The van der Waals surface area contributed by atoms with Gasteiger partial charge in [0.15, 0.2) is 5.75 Å². The summed E-state index contributed by atoms with van der Waals surface area (Å²) < 4.78 is 98.6. The van der Waals surface area contributed by atoms with Gasteiger partial charge in [-0.2, -0.15) is 35.6 Å². The zero-order chi connectivity index (χ0) is 27.8. The molecule has 0 fully saturated rings. The monoisotopic (exact) mass is 567 g/mol. The first-order valence-corrected chi connectivity index (χ1v) is 13.0. The third kappa shape index (κ3) is 5.65. The van der Waals surface area contributed by atoms with Crippen LogP contribution in [0.4, 0.5) is 31.8 Å². The van der Waals surface area contributed by atoms with E-state index in [1.54, 1.807) is 0 Å². The summed E-state index contributed by atoms with van der Waals surface area (Å²) in [4.78, 5) is 5.13. The maximum Gasteiger partial charge on any atom is 0.296 e. The van der Waals surface area contributed by atoms with E-state index in [4.69, 9.17) is 4.74 Å². The van der Waals surface area contributed by atoms with Crippen LogP contribution in [0.1, 0.15) is 0 Å². The summed E-state index contributed by atoms with van der Waals surface area (Å²) >= 11 is 0. The summed E-state index contributed by atoms with van der Waals surface area (Å²) in [5.41, 5.74) is -1.04. The van der Waals surface area contributed by atoms with Crippen LogP contribution in [0, 0.1) is 11.9 Å². The lowest BCUT2D eigenvalue weighted by Crippen LogP contribution is -2.01. The van der Waals surface area contributed by atoms with Gasteiger partial charge in [0.2, 0.25) is 17.8 Å². The highest BCUT2D eigenvalue weighted by molar-refractivity contribution is 7.86. The molecule has 4 rings (SSSR count). The van der Waals surface area contributed by atoms with Crippen molar-refractivity contribution in [2.75, 3.05) is 12.4 Å². The maximum atomic E-state index is 13.4. The number of phenols is 1. The van der Waals surface area contributed by atoms with Crippen LogP contribution in [-0.4, -0.2) is 48.1 Å². The van der Waals surface area contributed by atoms with Crippen molar-refractivity contribution in [2.24, 2.45) is 10.2 Å². The maximum absolute atomic E-state index is 13.4. The van der Waals surface area contributed by atoms with Gasteiger partial charge in [0.25, 0.3) is 20.2 Å². The summed E-state index contributed by atoms with van der Waals surface area (Å²) in [6.45, 7) is 0. The van der Waals surface area contributed by atoms with Crippen LogP contribution in [0.3, 0.4) is 0 Å². The quantitative estimate of drug-likeness (QED) is 0.141. The molecule has 13 nitrogen and oxygen atoms in total. The topological polar surface area (TPSA) is 201 Å². The summed E-state index contributed by atoms with van der Waals surface area (Å²) in [7, 11) is -8.60. The van der Waals surface area contributed by atoms with Gasteiger partial charge < -0.3 is 15.2 Å². The predicted molar refractivity (Wildman–Crippen MR) is 128 cm³/mol. The average Bonchev–Trinajstić information content (AvgIpc) is 2.81. The number of methoxy groups -OCH3 is 1. The molecule has 0 radical (unpaired) electrons. The molecule has 0 unspecified atom stereocenters. The number of phenolic OH excluding ortho intramolecular Hbond substituents is 1. The van der Waals surface area contributed by atoms with Crippen molar-refractivity contribution >= 4 is 54.0 Å². The molecule has 3 aromatic carbocycles. The summed E-state index contributed by atoms with van der Waals surface area (Å²) in [6.07, 6.45) is 0. The van der Waals surface area contributed by atoms with Gasteiger partial charge in [0, 0.05) is 23.2 Å². The lowest BCUT2D eigenvalue weighted by molar-refractivity contribution is 0.412. The molecule has 198 valence electrons. The van der Waals surface area contributed by atoms with Crippen molar-refractivity contribution in [3.63, 3.8) is 0 Å². The van der Waals surface area contributed by atoms with Crippen LogP contribution in [-0.2, 0) is 20.2 Å². The SMILES string of the molecule is COc1ccc(N=Nc2c(S(=O)(=O)O)cc3cc(Nc4nc(F)cc(F)n4)ccc3c2O)c(S(=O)(=O)O)c1. The van der Waals surface area contributed by atoms with E-state index in [9.17, 15) is 39.8 Å². The number of nitrogens with one attached hydrogen (secondary N) is 1. The van der Waals surface area contributed by atoms with E-state index >= 15 is 0 Å². The van der Waals surface area contributed by atoms with Crippen LogP contribution in [0.2, 0.25) is 0 Å². The number of benzene rings is 3. The molecule has 1 aromatic heterocycles. The van der Waals surface area contributed by atoms with Gasteiger partial charge in [-0.3, -0.25) is 9.11 Å². The second-order valence-corrected chi connectivity index (χ2v) is 10.2. The van der Waals surface area contributed by atoms with E-state index in [1.165, 1.54) is 31.4 Å². The number of anilines is 2. The molecular weight excluding hydrogens is 552 g/mol. The zero-order valence-corrected chi connectivity index (χ0v) is 20.5. The molecule has 0 saturated heterocycles. The molecule has 38 heavy (non-hydrogen) atoms. The molecule has 0 spiro atoms. The minimum absolute atomic E-state index is 0.00738. The Morgan fingerprint density at radius 2 is 1.53 bits per heavy atom. The Bertz CT molecular complexity index is 1810. The molecule has 0 bridgehead atoms. The third-order valence-corrected chi connectivity index (χ3v) is 6.70. The molecule has 0 aliphatic carbocycles. The fourth-order valence-corrected chi connectivity index (χ4v) is 4.61. The van der Waals surface area contributed by atoms with Crippen LogP contribution in [0.5, 0.6) is 11.5 Å². The number of azo groups is 1. The van der Waals surface area contributed by atoms with Crippen molar-refractivity contribution in [3.05, 3.63) is 60.4 Å². The highest BCUT2D eigenvalue weighted by Crippen LogP contribution is 2.42. The van der Waals surface area contributed by atoms with Gasteiger partial charge >= 0.3 is 0 Å². The van der Waals surface area contributed by atoms with E-state index in [0.717, 1.165) is 18.2 Å². The number of rotatable bonds is 7. The molecule has 0 amide bonds. The number of ether oxygens (including phenoxy) is 1. The van der Waals surface area contributed by atoms with Crippen molar-refractivity contribution in [1.82, 2.24) is 9.97 Å². The first-order valence-electron chi connectivity index (χ1n) is 10.1. The average molecular weight is 568 g/mol. The van der Waals surface area contributed by atoms with Gasteiger partial charge in [-0.1, -0.05) is 0 Å².